The monoisotopic (exact) mass is 338 g/mol. The second-order valence-corrected chi connectivity index (χ2v) is 3.48. The van der Waals surface area contributed by atoms with Crippen molar-refractivity contribution in [2.75, 3.05) is 0 Å². The van der Waals surface area contributed by atoms with Gasteiger partial charge in [-0.1, -0.05) is 36.8 Å². The van der Waals surface area contributed by atoms with Crippen LogP contribution in [0.1, 0.15) is 30.0 Å². The summed E-state index contributed by atoms with van der Waals surface area (Å²) in [7, 11) is 0. The fraction of sp³-hybridized carbons (Fsp3) is 0.333. The third kappa shape index (κ3) is 2.01. The van der Waals surface area contributed by atoms with Crippen LogP contribution in [-0.2, 0) is 32.3 Å². The second-order valence-electron chi connectivity index (χ2n) is 3.48. The molecule has 0 amide bonds. The van der Waals surface area contributed by atoms with E-state index in [1.165, 1.54) is 29.5 Å². The van der Waals surface area contributed by atoms with Gasteiger partial charge in [0.15, 0.2) is 0 Å². The van der Waals surface area contributed by atoms with Gasteiger partial charge in [0, 0.05) is 25.8 Å². The molecule has 1 aromatic carbocycles. The van der Waals surface area contributed by atoms with Crippen LogP contribution in [0.25, 0.3) is 6.08 Å². The van der Waals surface area contributed by atoms with Crippen molar-refractivity contribution >= 4 is 6.08 Å². The van der Waals surface area contributed by atoms with E-state index < -0.39 is 0 Å². The number of aryl methyl sites for hydroxylation is 1. The molecule has 0 spiro atoms. The first-order valence-electron chi connectivity index (χ1n) is 4.59. The molecule has 0 fully saturated rings. The van der Waals surface area contributed by atoms with E-state index in [1.807, 2.05) is 0 Å². The third-order valence-corrected chi connectivity index (χ3v) is 2.63. The number of benzene rings is 1. The average Bonchev–Trinajstić information content (AvgIpc) is 2.49. The van der Waals surface area contributed by atoms with Crippen LogP contribution in [0.3, 0.4) is 0 Å². The Morgan fingerprint density at radius 2 is 2.08 bits per heavy atom. The Balaban J connectivity index is 0.000000845. The molecule has 1 heteroatoms. The van der Waals surface area contributed by atoms with E-state index in [1.54, 1.807) is 5.57 Å². The zero-order valence-electron chi connectivity index (χ0n) is 8.22. The van der Waals surface area contributed by atoms with E-state index in [0.29, 0.717) is 0 Å². The maximum atomic E-state index is 2.35. The molecule has 2 rings (SSSR count). The topological polar surface area (TPSA) is 0 Å². The van der Waals surface area contributed by atoms with Crippen LogP contribution in [-0.4, -0.2) is 0 Å². The van der Waals surface area contributed by atoms with Crippen LogP contribution in [0.15, 0.2) is 23.8 Å². The third-order valence-electron chi connectivity index (χ3n) is 2.63. The molecule has 0 saturated heterocycles. The normalized spacial score (nSPS) is 13.2. The fourth-order valence-electron chi connectivity index (χ4n) is 1.83. The molecule has 0 unspecified atom stereocenters. The Morgan fingerprint density at radius 3 is 2.69 bits per heavy atom. The molecule has 0 nitrogen and oxygen atoms in total. The molecule has 1 aromatic rings. The van der Waals surface area contributed by atoms with Gasteiger partial charge in [-0.2, -0.15) is 0 Å². The first-order chi connectivity index (χ1) is 5.81. The molecule has 0 saturated carbocycles. The minimum Gasteiger partial charge on any atom is -0.0655 e. The molecule has 0 N–H and O–H groups in total. The maximum Gasteiger partial charge on any atom is 0 e. The van der Waals surface area contributed by atoms with Crippen LogP contribution in [0.5, 0.6) is 0 Å². The number of allylic oxidation sites excluding steroid dienone is 1. The predicted octanol–water partition coefficient (Wildman–Crippen LogP) is 3.34. The van der Waals surface area contributed by atoms with Gasteiger partial charge in [0.25, 0.3) is 0 Å². The van der Waals surface area contributed by atoms with Crippen molar-refractivity contribution < 1.29 is 25.8 Å². The largest absolute Gasteiger partial charge is 0.0655 e. The zero-order chi connectivity index (χ0) is 8.55. The number of rotatable bonds is 1. The average molecular weight is 337 g/mol. The van der Waals surface area contributed by atoms with Crippen molar-refractivity contribution in [3.05, 3.63) is 40.5 Å². The number of fused-ring (bicyclic) bond motifs is 1. The van der Waals surface area contributed by atoms with Crippen LogP contribution < -0.4 is 0 Å². The van der Waals surface area contributed by atoms with Crippen molar-refractivity contribution in [3.63, 3.8) is 0 Å². The molecule has 0 aromatic heterocycles. The molecule has 1 aliphatic rings. The minimum absolute atomic E-state index is 0. The maximum absolute atomic E-state index is 2.35. The molecule has 0 bridgehead atoms. The first-order valence-corrected chi connectivity index (χ1v) is 4.59. The molecule has 13 heavy (non-hydrogen) atoms. The van der Waals surface area contributed by atoms with Gasteiger partial charge in [-0.15, -0.1) is 0 Å². The summed E-state index contributed by atoms with van der Waals surface area (Å²) in [6, 6.07) is 6.58. The minimum atomic E-state index is 0. The van der Waals surface area contributed by atoms with Gasteiger partial charge in [-0.05, 0) is 36.5 Å². The molecule has 0 radical (unpaired) electrons. The summed E-state index contributed by atoms with van der Waals surface area (Å²) in [4.78, 5) is 0. The summed E-state index contributed by atoms with van der Waals surface area (Å²) < 4.78 is 0. The van der Waals surface area contributed by atoms with Crippen LogP contribution >= 0.6 is 0 Å². The Morgan fingerprint density at radius 1 is 1.31 bits per heavy atom. The summed E-state index contributed by atoms with van der Waals surface area (Å²) in [5, 5.41) is 0. The summed E-state index contributed by atoms with van der Waals surface area (Å²) in [6.07, 6.45) is 4.71. The van der Waals surface area contributed by atoms with E-state index in [-0.39, 0.29) is 25.8 Å². The van der Waals surface area contributed by atoms with E-state index in [0.717, 1.165) is 0 Å². The molecular formula is C12H14Hf. The Labute approximate surface area is 98.8 Å². The predicted molar refractivity (Wildman–Crippen MR) is 53.2 cm³/mol. The number of hydrogen-bond donors (Lipinski definition) is 0. The molecule has 0 aliphatic heterocycles. The van der Waals surface area contributed by atoms with Gasteiger partial charge in [-0.3, -0.25) is 0 Å². The molecule has 1 aliphatic carbocycles. The van der Waals surface area contributed by atoms with Gasteiger partial charge < -0.3 is 0 Å². The summed E-state index contributed by atoms with van der Waals surface area (Å²) in [5.41, 5.74) is 5.96. The summed E-state index contributed by atoms with van der Waals surface area (Å²) in [6.45, 7) is 4.42. The quantitative estimate of drug-likeness (QED) is 0.690. The van der Waals surface area contributed by atoms with Crippen molar-refractivity contribution in [3.8, 4) is 0 Å². The van der Waals surface area contributed by atoms with Crippen LogP contribution in [0.2, 0.25) is 0 Å². The molecule has 0 heterocycles. The zero-order valence-corrected chi connectivity index (χ0v) is 11.8. The van der Waals surface area contributed by atoms with Crippen molar-refractivity contribution in [1.82, 2.24) is 0 Å². The van der Waals surface area contributed by atoms with E-state index >= 15 is 0 Å². The molecular weight excluding hydrogens is 323 g/mol. The molecule has 66 valence electrons. The summed E-state index contributed by atoms with van der Waals surface area (Å²) >= 11 is 0. The Hall–Kier alpha value is -0.170. The van der Waals surface area contributed by atoms with Crippen molar-refractivity contribution in [2.24, 2.45) is 0 Å². The van der Waals surface area contributed by atoms with Crippen LogP contribution in [0, 0.1) is 6.92 Å². The Bertz CT molecular complexity index is 337. The standard InChI is InChI=1S/C12H14.Hf/c1-3-10-7-11-6-4-5-9(2)12(11)8-10;/h4-6,8H,3,7H2,1-2H3;. The SMILES string of the molecule is CCC1=Cc2c(C)cccc2C1.[Hf]. The van der Waals surface area contributed by atoms with Gasteiger partial charge in [0.05, 0.1) is 0 Å². The van der Waals surface area contributed by atoms with Gasteiger partial charge in [-0.25, -0.2) is 0 Å². The molecule has 0 atom stereocenters. The Kier molecular flexibility index (Phi) is 3.66. The van der Waals surface area contributed by atoms with Crippen molar-refractivity contribution in [2.45, 2.75) is 26.7 Å². The number of hydrogen-bond acceptors (Lipinski definition) is 0. The van der Waals surface area contributed by atoms with Crippen LogP contribution in [0.4, 0.5) is 0 Å². The second kappa shape index (κ2) is 4.36. The fourth-order valence-corrected chi connectivity index (χ4v) is 1.83. The van der Waals surface area contributed by atoms with E-state index in [9.17, 15) is 0 Å². The van der Waals surface area contributed by atoms with Gasteiger partial charge >= 0.3 is 0 Å². The van der Waals surface area contributed by atoms with E-state index in [2.05, 4.69) is 38.1 Å². The summed E-state index contributed by atoms with van der Waals surface area (Å²) in [5.74, 6) is 0. The van der Waals surface area contributed by atoms with Gasteiger partial charge in [0.1, 0.15) is 0 Å². The van der Waals surface area contributed by atoms with E-state index in [4.69, 9.17) is 0 Å². The van der Waals surface area contributed by atoms with Crippen molar-refractivity contribution in [1.29, 1.82) is 0 Å². The smallest absolute Gasteiger partial charge is 0 e. The van der Waals surface area contributed by atoms with Gasteiger partial charge in [0.2, 0.25) is 0 Å². The first kappa shape index (κ1) is 10.9.